The first-order chi connectivity index (χ1) is 16.1. The van der Waals surface area contributed by atoms with Crippen molar-refractivity contribution in [1.29, 1.82) is 0 Å². The summed E-state index contributed by atoms with van der Waals surface area (Å²) >= 11 is 0. The SMILES string of the molecule is C[C@@H]1C[C@H]2OC3(O[C@@H]2C(C)(C)O)[C@H](O)[C@@]2(C)[C@@H]4CCC5C(C)(C)[C@@H](O)CC[C@@]56CC46CC[C@]2(C)[C@@H]13. The monoisotopic (exact) mass is 488 g/mol. The Labute approximate surface area is 211 Å². The van der Waals surface area contributed by atoms with Crippen molar-refractivity contribution in [1.82, 2.24) is 0 Å². The van der Waals surface area contributed by atoms with Crippen molar-refractivity contribution in [3.05, 3.63) is 0 Å². The molecule has 7 aliphatic rings. The van der Waals surface area contributed by atoms with Crippen molar-refractivity contribution in [2.75, 3.05) is 0 Å². The molecule has 3 spiro atoms. The lowest BCUT2D eigenvalue weighted by Gasteiger charge is -2.63. The molecule has 7 fully saturated rings. The van der Waals surface area contributed by atoms with Crippen LogP contribution in [0.25, 0.3) is 0 Å². The lowest BCUT2D eigenvalue weighted by Crippen LogP contribution is -2.60. The van der Waals surface area contributed by atoms with E-state index in [1.165, 1.54) is 12.8 Å². The third-order valence-electron chi connectivity index (χ3n) is 14.2. The fourth-order valence-corrected chi connectivity index (χ4v) is 12.7. The number of hydrogen-bond donors (Lipinski definition) is 3. The summed E-state index contributed by atoms with van der Waals surface area (Å²) in [6.07, 6.45) is 7.36. The molecule has 2 aliphatic heterocycles. The molecule has 0 aromatic heterocycles. The van der Waals surface area contributed by atoms with Gasteiger partial charge in [-0.2, -0.15) is 0 Å². The highest BCUT2D eigenvalue weighted by atomic mass is 16.8. The maximum atomic E-state index is 12.5. The molecule has 5 nitrogen and oxygen atoms in total. The summed E-state index contributed by atoms with van der Waals surface area (Å²) in [6.45, 7) is 15.4. The maximum Gasteiger partial charge on any atom is 0.199 e. The number of rotatable bonds is 1. The fraction of sp³-hybridized carbons (Fsp3) is 1.00. The Hall–Kier alpha value is -0.200. The summed E-state index contributed by atoms with van der Waals surface area (Å²) in [5, 5.41) is 34.4. The highest BCUT2D eigenvalue weighted by molar-refractivity contribution is 5.34. The van der Waals surface area contributed by atoms with E-state index in [1.54, 1.807) is 0 Å². The minimum Gasteiger partial charge on any atom is -0.393 e. The van der Waals surface area contributed by atoms with E-state index >= 15 is 0 Å². The van der Waals surface area contributed by atoms with Gasteiger partial charge in [-0.1, -0.05) is 34.6 Å². The molecule has 13 atom stereocenters. The Morgan fingerprint density at radius 1 is 0.857 bits per heavy atom. The van der Waals surface area contributed by atoms with Gasteiger partial charge in [0.25, 0.3) is 0 Å². The first kappa shape index (κ1) is 23.9. The van der Waals surface area contributed by atoms with Gasteiger partial charge in [-0.05, 0) is 105 Å². The van der Waals surface area contributed by atoms with Crippen molar-refractivity contribution in [2.24, 2.45) is 50.7 Å². The number of aliphatic hydroxyl groups is 3. The predicted octanol–water partition coefficient (Wildman–Crippen LogP) is 4.66. The van der Waals surface area contributed by atoms with Crippen LogP contribution in [0.5, 0.6) is 0 Å². The molecular weight excluding hydrogens is 440 g/mol. The van der Waals surface area contributed by atoms with Gasteiger partial charge in [-0.15, -0.1) is 0 Å². The molecule has 0 radical (unpaired) electrons. The van der Waals surface area contributed by atoms with Crippen LogP contribution in [0, 0.1) is 50.7 Å². The van der Waals surface area contributed by atoms with Crippen molar-refractivity contribution in [3.63, 3.8) is 0 Å². The van der Waals surface area contributed by atoms with Gasteiger partial charge in [-0.25, -0.2) is 0 Å². The fourth-order valence-electron chi connectivity index (χ4n) is 12.7. The summed E-state index contributed by atoms with van der Waals surface area (Å²) in [4.78, 5) is 0. The molecule has 5 aliphatic carbocycles. The molecule has 5 heteroatoms. The second kappa shape index (κ2) is 6.33. The highest BCUT2D eigenvalue weighted by Gasteiger charge is 2.88. The summed E-state index contributed by atoms with van der Waals surface area (Å²) < 4.78 is 13.6. The second-order valence-corrected chi connectivity index (χ2v) is 15.9. The van der Waals surface area contributed by atoms with Gasteiger partial charge >= 0.3 is 0 Å². The lowest BCUT2D eigenvalue weighted by molar-refractivity contribution is -0.282. The Morgan fingerprint density at radius 2 is 1.51 bits per heavy atom. The summed E-state index contributed by atoms with van der Waals surface area (Å²) in [6, 6.07) is 0. The Kier molecular flexibility index (Phi) is 4.32. The quantitative estimate of drug-likeness (QED) is 0.500. The molecule has 2 heterocycles. The van der Waals surface area contributed by atoms with Gasteiger partial charge in [0.1, 0.15) is 12.2 Å². The van der Waals surface area contributed by atoms with E-state index in [1.807, 2.05) is 13.8 Å². The zero-order valence-electron chi connectivity index (χ0n) is 22.9. The zero-order chi connectivity index (χ0) is 25.2. The van der Waals surface area contributed by atoms with Crippen molar-refractivity contribution in [3.8, 4) is 0 Å². The third kappa shape index (κ3) is 2.30. The smallest absolute Gasteiger partial charge is 0.199 e. The standard InChI is InChI=1S/C30H48O5/c1-16-14-17-22(25(4,5)33)35-30(34-17)21(16)26(6)12-13-29-15-28(29)11-10-20(31)24(2,3)18(28)8-9-19(29)27(26,7)23(30)32/h16-23,31-33H,8-15H2,1-7H3/t16-,17-,18?,19+,20+,21-,22+,23-,26-,27-,28-,29?,30?/m1/s1. The van der Waals surface area contributed by atoms with Gasteiger partial charge in [-0.3, -0.25) is 0 Å². The predicted molar refractivity (Wildman–Crippen MR) is 132 cm³/mol. The summed E-state index contributed by atoms with van der Waals surface area (Å²) in [5.74, 6) is 0.523. The van der Waals surface area contributed by atoms with Gasteiger partial charge in [0.15, 0.2) is 5.79 Å². The summed E-state index contributed by atoms with van der Waals surface area (Å²) in [7, 11) is 0. The van der Waals surface area contributed by atoms with Crippen LogP contribution in [0.3, 0.4) is 0 Å². The van der Waals surface area contributed by atoms with E-state index in [4.69, 9.17) is 9.47 Å². The third-order valence-corrected chi connectivity index (χ3v) is 14.2. The minimum absolute atomic E-state index is 0.0331. The Balaban J connectivity index is 1.33. The van der Waals surface area contributed by atoms with Crippen LogP contribution < -0.4 is 0 Å². The average Bonchev–Trinajstić information content (AvgIpc) is 3.28. The largest absolute Gasteiger partial charge is 0.393 e. The Bertz CT molecular complexity index is 957. The molecule has 3 N–H and O–H groups in total. The molecule has 2 bridgehead atoms. The minimum atomic E-state index is -1.01. The van der Waals surface area contributed by atoms with Crippen LogP contribution in [0.2, 0.25) is 0 Å². The van der Waals surface area contributed by atoms with Crippen LogP contribution >= 0.6 is 0 Å². The molecule has 0 aromatic rings. The van der Waals surface area contributed by atoms with E-state index in [2.05, 4.69) is 34.6 Å². The van der Waals surface area contributed by atoms with Crippen LogP contribution in [0.15, 0.2) is 0 Å². The number of aliphatic hydroxyl groups excluding tert-OH is 2. The van der Waals surface area contributed by atoms with Crippen molar-refractivity contribution >= 4 is 0 Å². The molecule has 7 rings (SSSR count). The van der Waals surface area contributed by atoms with Crippen LogP contribution in [-0.4, -0.2) is 51.1 Å². The van der Waals surface area contributed by atoms with Gasteiger partial charge < -0.3 is 24.8 Å². The molecule has 0 aromatic carbocycles. The number of ether oxygens (including phenoxy) is 2. The zero-order valence-corrected chi connectivity index (χ0v) is 22.9. The second-order valence-electron chi connectivity index (χ2n) is 15.9. The molecule has 0 amide bonds. The molecule has 5 saturated carbocycles. The van der Waals surface area contributed by atoms with Crippen molar-refractivity contribution in [2.45, 2.75) is 136 Å². The highest BCUT2D eigenvalue weighted by Crippen LogP contribution is 2.90. The molecule has 198 valence electrons. The van der Waals surface area contributed by atoms with E-state index in [-0.39, 0.29) is 39.8 Å². The molecular formula is C30H48O5. The number of hydrogen-bond acceptors (Lipinski definition) is 5. The normalized spacial score (nSPS) is 63.9. The summed E-state index contributed by atoms with van der Waals surface area (Å²) in [5.41, 5.74) is -0.788. The van der Waals surface area contributed by atoms with E-state index < -0.39 is 23.6 Å². The van der Waals surface area contributed by atoms with E-state index in [0.717, 1.165) is 38.5 Å². The maximum absolute atomic E-state index is 12.5. The van der Waals surface area contributed by atoms with Crippen LogP contribution in [0.4, 0.5) is 0 Å². The van der Waals surface area contributed by atoms with Gasteiger partial charge in [0, 0.05) is 11.3 Å². The Morgan fingerprint density at radius 3 is 2.20 bits per heavy atom. The van der Waals surface area contributed by atoms with Crippen LogP contribution in [0.1, 0.15) is 99.8 Å². The number of fused-ring (bicyclic) bond motifs is 4. The topological polar surface area (TPSA) is 79.2 Å². The van der Waals surface area contributed by atoms with Gasteiger partial charge in [0.2, 0.25) is 0 Å². The van der Waals surface area contributed by atoms with E-state index in [9.17, 15) is 15.3 Å². The molecule has 35 heavy (non-hydrogen) atoms. The molecule has 2 saturated heterocycles. The average molecular weight is 489 g/mol. The van der Waals surface area contributed by atoms with Crippen molar-refractivity contribution < 1.29 is 24.8 Å². The van der Waals surface area contributed by atoms with Gasteiger partial charge in [0.05, 0.1) is 17.8 Å². The van der Waals surface area contributed by atoms with Crippen LogP contribution in [-0.2, 0) is 9.47 Å². The van der Waals surface area contributed by atoms with E-state index in [0.29, 0.717) is 23.2 Å². The molecule has 3 unspecified atom stereocenters. The lowest BCUT2D eigenvalue weighted by atomic mass is 9.41. The first-order valence-electron chi connectivity index (χ1n) is 14.6. The first-order valence-corrected chi connectivity index (χ1v) is 14.6.